The Morgan fingerprint density at radius 2 is 1.82 bits per heavy atom. The van der Waals surface area contributed by atoms with E-state index in [2.05, 4.69) is 47.3 Å². The fraction of sp³-hybridized carbons (Fsp3) is 0.143. The third kappa shape index (κ3) is 1.80. The van der Waals surface area contributed by atoms with Crippen LogP contribution in [0.2, 0.25) is 0 Å². The first kappa shape index (κ1) is 10.0. The molecule has 0 N–H and O–H groups in total. The number of nitrogens with zero attached hydrogens (tertiary/aromatic N) is 3. The number of benzene rings is 1. The number of fused-ring (bicyclic) bond motifs is 1. The van der Waals surface area contributed by atoms with Crippen LogP contribution in [0.4, 0.5) is 0 Å². The molecule has 0 aliphatic heterocycles. The van der Waals surface area contributed by atoms with Crippen molar-refractivity contribution in [3.8, 4) is 11.1 Å². The lowest BCUT2D eigenvalue weighted by Crippen LogP contribution is -1.86. The smallest absolute Gasteiger partial charge is 0.181 e. The van der Waals surface area contributed by atoms with Gasteiger partial charge in [-0.3, -0.25) is 4.68 Å². The lowest BCUT2D eigenvalue weighted by molar-refractivity contribution is 0.776. The summed E-state index contributed by atoms with van der Waals surface area (Å²) in [6, 6.07) is 10.6. The molecule has 84 valence electrons. The van der Waals surface area contributed by atoms with E-state index in [9.17, 15) is 0 Å². The van der Waals surface area contributed by atoms with Crippen LogP contribution in [0.1, 0.15) is 5.56 Å². The molecule has 3 heteroatoms. The zero-order valence-electron chi connectivity index (χ0n) is 9.88. The zero-order chi connectivity index (χ0) is 11.8. The van der Waals surface area contributed by atoms with E-state index in [1.807, 2.05) is 19.4 Å². The Labute approximate surface area is 99.7 Å². The highest BCUT2D eigenvalue weighted by atomic mass is 15.3. The molecule has 0 fully saturated rings. The van der Waals surface area contributed by atoms with Crippen LogP contribution in [-0.2, 0) is 7.05 Å². The predicted molar refractivity (Wildman–Crippen MR) is 68.7 cm³/mol. The molecule has 17 heavy (non-hydrogen) atoms. The van der Waals surface area contributed by atoms with Gasteiger partial charge in [-0.05, 0) is 18.6 Å². The molecule has 0 spiro atoms. The van der Waals surface area contributed by atoms with Crippen molar-refractivity contribution in [1.29, 1.82) is 0 Å². The fourth-order valence-corrected chi connectivity index (χ4v) is 1.94. The van der Waals surface area contributed by atoms with Crippen LogP contribution >= 0.6 is 0 Å². The van der Waals surface area contributed by atoms with Gasteiger partial charge in [0.1, 0.15) is 0 Å². The molecule has 0 radical (unpaired) electrons. The monoisotopic (exact) mass is 223 g/mol. The summed E-state index contributed by atoms with van der Waals surface area (Å²) in [5.41, 5.74) is 4.38. The van der Waals surface area contributed by atoms with Crippen molar-refractivity contribution in [2.24, 2.45) is 7.05 Å². The van der Waals surface area contributed by atoms with Crippen LogP contribution in [0.5, 0.6) is 0 Å². The first-order chi connectivity index (χ1) is 8.22. The summed E-state index contributed by atoms with van der Waals surface area (Å²) in [4.78, 5) is 4.37. The summed E-state index contributed by atoms with van der Waals surface area (Å²) in [5.74, 6) is 0. The largest absolute Gasteiger partial charge is 0.273 e. The van der Waals surface area contributed by atoms with Crippen molar-refractivity contribution >= 4 is 11.0 Å². The Morgan fingerprint density at radius 1 is 1.06 bits per heavy atom. The highest BCUT2D eigenvalue weighted by Crippen LogP contribution is 2.22. The van der Waals surface area contributed by atoms with Gasteiger partial charge in [0.25, 0.3) is 0 Å². The first-order valence-electron chi connectivity index (χ1n) is 5.59. The van der Waals surface area contributed by atoms with E-state index in [1.54, 1.807) is 4.68 Å². The molecular formula is C14H13N3. The van der Waals surface area contributed by atoms with Crippen molar-refractivity contribution in [1.82, 2.24) is 14.8 Å². The molecule has 0 atom stereocenters. The van der Waals surface area contributed by atoms with Crippen molar-refractivity contribution in [3.05, 3.63) is 48.3 Å². The zero-order valence-corrected chi connectivity index (χ0v) is 9.88. The van der Waals surface area contributed by atoms with Gasteiger partial charge < -0.3 is 0 Å². The summed E-state index contributed by atoms with van der Waals surface area (Å²) in [6.07, 6.45) is 3.86. The predicted octanol–water partition coefficient (Wildman–Crippen LogP) is 2.94. The molecule has 3 rings (SSSR count). The summed E-state index contributed by atoms with van der Waals surface area (Å²) in [6.45, 7) is 2.09. The lowest BCUT2D eigenvalue weighted by atomic mass is 10.1. The highest BCUT2D eigenvalue weighted by Gasteiger charge is 2.03. The normalized spacial score (nSPS) is 10.9. The number of aromatic nitrogens is 3. The maximum Gasteiger partial charge on any atom is 0.181 e. The Balaban J connectivity index is 2.13. The number of aryl methyl sites for hydroxylation is 2. The van der Waals surface area contributed by atoms with E-state index in [-0.39, 0.29) is 0 Å². The minimum Gasteiger partial charge on any atom is -0.273 e. The van der Waals surface area contributed by atoms with Crippen LogP contribution < -0.4 is 0 Å². The molecule has 0 amide bonds. The maximum atomic E-state index is 4.37. The second-order valence-corrected chi connectivity index (χ2v) is 4.31. The molecule has 0 bridgehead atoms. The summed E-state index contributed by atoms with van der Waals surface area (Å²) >= 11 is 0. The van der Waals surface area contributed by atoms with Crippen molar-refractivity contribution in [3.63, 3.8) is 0 Å². The number of hydrogen-bond acceptors (Lipinski definition) is 2. The Kier molecular flexibility index (Phi) is 2.18. The van der Waals surface area contributed by atoms with Crippen LogP contribution in [0.3, 0.4) is 0 Å². The number of hydrogen-bond donors (Lipinski definition) is 0. The van der Waals surface area contributed by atoms with Gasteiger partial charge in [-0.15, -0.1) is 0 Å². The molecule has 0 saturated carbocycles. The van der Waals surface area contributed by atoms with E-state index < -0.39 is 0 Å². The molecular weight excluding hydrogens is 210 g/mol. The molecule has 3 aromatic rings. The topological polar surface area (TPSA) is 30.7 Å². The van der Waals surface area contributed by atoms with Gasteiger partial charge in [-0.25, -0.2) is 4.98 Å². The molecule has 0 aliphatic carbocycles. The molecule has 3 nitrogen and oxygen atoms in total. The molecule has 1 aromatic carbocycles. The minimum atomic E-state index is 0.795. The summed E-state index contributed by atoms with van der Waals surface area (Å²) in [5, 5.41) is 5.34. The highest BCUT2D eigenvalue weighted by molar-refractivity contribution is 5.80. The molecule has 2 aromatic heterocycles. The third-order valence-corrected chi connectivity index (χ3v) is 2.86. The number of pyridine rings is 1. The fourth-order valence-electron chi connectivity index (χ4n) is 1.94. The standard InChI is InChI=1S/C14H13N3/c1-10-3-5-11(6-4-10)12-7-13-9-17(2)16-14(13)15-8-12/h3-9H,1-2H3. The second-order valence-electron chi connectivity index (χ2n) is 4.31. The molecule has 0 aliphatic rings. The van der Waals surface area contributed by atoms with Gasteiger partial charge in [0.05, 0.1) is 0 Å². The van der Waals surface area contributed by atoms with Crippen LogP contribution in [0.15, 0.2) is 42.7 Å². The van der Waals surface area contributed by atoms with Crippen molar-refractivity contribution < 1.29 is 0 Å². The Morgan fingerprint density at radius 3 is 2.59 bits per heavy atom. The van der Waals surface area contributed by atoms with Crippen molar-refractivity contribution in [2.75, 3.05) is 0 Å². The molecule has 0 saturated heterocycles. The molecule has 2 heterocycles. The van der Waals surface area contributed by atoms with Gasteiger partial charge in [-0.1, -0.05) is 29.8 Å². The van der Waals surface area contributed by atoms with Crippen LogP contribution in [0, 0.1) is 6.92 Å². The van der Waals surface area contributed by atoms with E-state index in [1.165, 1.54) is 11.1 Å². The quantitative estimate of drug-likeness (QED) is 0.635. The Hall–Kier alpha value is -2.16. The van der Waals surface area contributed by atoms with Gasteiger partial charge in [0.2, 0.25) is 0 Å². The maximum absolute atomic E-state index is 4.37. The van der Waals surface area contributed by atoms with Crippen molar-refractivity contribution in [2.45, 2.75) is 6.92 Å². The average molecular weight is 223 g/mol. The third-order valence-electron chi connectivity index (χ3n) is 2.86. The summed E-state index contributed by atoms with van der Waals surface area (Å²) < 4.78 is 1.79. The lowest BCUT2D eigenvalue weighted by Gasteiger charge is -2.01. The first-order valence-corrected chi connectivity index (χ1v) is 5.59. The van der Waals surface area contributed by atoms with Gasteiger partial charge in [0, 0.05) is 30.4 Å². The summed E-state index contributed by atoms with van der Waals surface area (Å²) in [7, 11) is 1.91. The van der Waals surface area contributed by atoms with Crippen LogP contribution in [-0.4, -0.2) is 14.8 Å². The Bertz CT molecular complexity index is 666. The van der Waals surface area contributed by atoms with E-state index >= 15 is 0 Å². The van der Waals surface area contributed by atoms with Gasteiger partial charge in [-0.2, -0.15) is 5.10 Å². The minimum absolute atomic E-state index is 0.795. The molecule has 0 unspecified atom stereocenters. The average Bonchev–Trinajstić information content (AvgIpc) is 2.69. The van der Waals surface area contributed by atoms with E-state index in [4.69, 9.17) is 0 Å². The van der Waals surface area contributed by atoms with Crippen LogP contribution in [0.25, 0.3) is 22.2 Å². The SMILES string of the molecule is Cc1ccc(-c2cnc3nn(C)cc3c2)cc1. The van der Waals surface area contributed by atoms with Gasteiger partial charge in [0.15, 0.2) is 5.65 Å². The van der Waals surface area contributed by atoms with E-state index in [0.29, 0.717) is 0 Å². The van der Waals surface area contributed by atoms with E-state index in [0.717, 1.165) is 16.6 Å². The second kappa shape index (κ2) is 3.70. The number of rotatable bonds is 1. The van der Waals surface area contributed by atoms with Gasteiger partial charge >= 0.3 is 0 Å².